The third-order valence-corrected chi connectivity index (χ3v) is 3.58. The van der Waals surface area contributed by atoms with Gasteiger partial charge >= 0.3 is 5.97 Å². The average molecular weight is 357 g/mol. The van der Waals surface area contributed by atoms with Crippen molar-refractivity contribution in [2.45, 2.75) is 13.0 Å². The van der Waals surface area contributed by atoms with Crippen molar-refractivity contribution in [1.29, 1.82) is 0 Å². The standard InChI is InChI=1S/C19H16FNO5/c1-12(26-18(22)9-4-13-2-5-14(20)6-3-13)19(23)21-15-7-8-16-17(10-15)25-11-24-16/h2-10,12H,11H2,1H3,(H,21,23)/b9-4+/t12-/m0/s1. The van der Waals surface area contributed by atoms with Crippen LogP contribution in [0.4, 0.5) is 10.1 Å². The lowest BCUT2D eigenvalue weighted by atomic mass is 10.2. The smallest absolute Gasteiger partial charge is 0.331 e. The summed E-state index contributed by atoms with van der Waals surface area (Å²) in [6, 6.07) is 10.6. The fourth-order valence-corrected chi connectivity index (χ4v) is 2.22. The van der Waals surface area contributed by atoms with Crippen LogP contribution in [0.5, 0.6) is 11.5 Å². The largest absolute Gasteiger partial charge is 0.454 e. The van der Waals surface area contributed by atoms with Gasteiger partial charge in [-0.25, -0.2) is 9.18 Å². The number of esters is 1. The topological polar surface area (TPSA) is 73.9 Å². The summed E-state index contributed by atoms with van der Waals surface area (Å²) in [5, 5.41) is 2.64. The minimum Gasteiger partial charge on any atom is -0.454 e. The highest BCUT2D eigenvalue weighted by molar-refractivity contribution is 5.96. The Bertz CT molecular complexity index is 848. The fourth-order valence-electron chi connectivity index (χ4n) is 2.22. The molecule has 1 N–H and O–H groups in total. The Morgan fingerprint density at radius 1 is 1.15 bits per heavy atom. The fraction of sp³-hybridized carbons (Fsp3) is 0.158. The van der Waals surface area contributed by atoms with E-state index >= 15 is 0 Å². The van der Waals surface area contributed by atoms with Crippen molar-refractivity contribution >= 4 is 23.6 Å². The molecule has 1 aliphatic rings. The maximum atomic E-state index is 12.8. The van der Waals surface area contributed by atoms with E-state index in [-0.39, 0.29) is 12.6 Å². The number of hydrogen-bond donors (Lipinski definition) is 1. The van der Waals surface area contributed by atoms with Gasteiger partial charge in [-0.2, -0.15) is 0 Å². The molecule has 0 saturated heterocycles. The summed E-state index contributed by atoms with van der Waals surface area (Å²) in [4.78, 5) is 23.9. The van der Waals surface area contributed by atoms with Crippen LogP contribution in [0, 0.1) is 5.82 Å². The van der Waals surface area contributed by atoms with E-state index < -0.39 is 18.0 Å². The molecule has 7 heteroatoms. The summed E-state index contributed by atoms with van der Waals surface area (Å²) < 4.78 is 28.3. The molecule has 6 nitrogen and oxygen atoms in total. The second kappa shape index (κ2) is 7.69. The minimum atomic E-state index is -0.995. The first-order valence-corrected chi connectivity index (χ1v) is 7.86. The average Bonchev–Trinajstić information content (AvgIpc) is 3.09. The van der Waals surface area contributed by atoms with Gasteiger partial charge in [0.2, 0.25) is 6.79 Å². The first-order chi connectivity index (χ1) is 12.5. The zero-order chi connectivity index (χ0) is 18.5. The Morgan fingerprint density at radius 3 is 2.65 bits per heavy atom. The third kappa shape index (κ3) is 4.38. The predicted molar refractivity (Wildman–Crippen MR) is 92.2 cm³/mol. The molecule has 0 spiro atoms. The molecule has 0 aliphatic carbocycles. The number of carbonyl (C=O) groups excluding carboxylic acids is 2. The van der Waals surface area contributed by atoms with Crippen LogP contribution in [0.2, 0.25) is 0 Å². The van der Waals surface area contributed by atoms with Crippen LogP contribution in [0.25, 0.3) is 6.08 Å². The zero-order valence-electron chi connectivity index (χ0n) is 13.9. The van der Waals surface area contributed by atoms with E-state index in [1.807, 2.05) is 0 Å². The summed E-state index contributed by atoms with van der Waals surface area (Å²) in [6.45, 7) is 1.60. The van der Waals surface area contributed by atoms with Crippen LogP contribution in [0.1, 0.15) is 12.5 Å². The van der Waals surface area contributed by atoms with Gasteiger partial charge in [-0.1, -0.05) is 12.1 Å². The first kappa shape index (κ1) is 17.5. The lowest BCUT2D eigenvalue weighted by Crippen LogP contribution is -2.29. The van der Waals surface area contributed by atoms with Gasteiger partial charge in [-0.15, -0.1) is 0 Å². The number of halogens is 1. The summed E-state index contributed by atoms with van der Waals surface area (Å²) in [5.41, 5.74) is 1.14. The Hall–Kier alpha value is -3.35. The molecule has 1 amide bonds. The molecular formula is C19H16FNO5. The molecule has 1 heterocycles. The molecule has 134 valence electrons. The number of anilines is 1. The van der Waals surface area contributed by atoms with Gasteiger partial charge in [0.15, 0.2) is 17.6 Å². The van der Waals surface area contributed by atoms with Crippen LogP contribution in [-0.2, 0) is 14.3 Å². The number of nitrogens with one attached hydrogen (secondary N) is 1. The number of carbonyl (C=O) groups is 2. The molecule has 3 rings (SSSR count). The number of rotatable bonds is 5. The lowest BCUT2D eigenvalue weighted by Gasteiger charge is -2.12. The van der Waals surface area contributed by atoms with E-state index in [0.717, 1.165) is 0 Å². The van der Waals surface area contributed by atoms with Crippen molar-refractivity contribution in [2.75, 3.05) is 12.1 Å². The molecule has 0 unspecified atom stereocenters. The molecule has 2 aromatic rings. The van der Waals surface area contributed by atoms with Gasteiger partial charge in [0.05, 0.1) is 0 Å². The number of amides is 1. The van der Waals surface area contributed by atoms with E-state index in [4.69, 9.17) is 14.2 Å². The maximum absolute atomic E-state index is 12.8. The van der Waals surface area contributed by atoms with Crippen molar-refractivity contribution in [3.63, 3.8) is 0 Å². The van der Waals surface area contributed by atoms with Gasteiger partial charge in [-0.05, 0) is 42.8 Å². The summed E-state index contributed by atoms with van der Waals surface area (Å²) >= 11 is 0. The minimum absolute atomic E-state index is 0.140. The number of fused-ring (bicyclic) bond motifs is 1. The van der Waals surface area contributed by atoms with Crippen LogP contribution >= 0.6 is 0 Å². The van der Waals surface area contributed by atoms with E-state index in [1.54, 1.807) is 18.2 Å². The Morgan fingerprint density at radius 2 is 1.88 bits per heavy atom. The van der Waals surface area contributed by atoms with Crippen LogP contribution in [-0.4, -0.2) is 24.8 Å². The van der Waals surface area contributed by atoms with E-state index in [2.05, 4.69) is 5.32 Å². The number of ether oxygens (including phenoxy) is 3. The van der Waals surface area contributed by atoms with Gasteiger partial charge in [-0.3, -0.25) is 4.79 Å². The zero-order valence-corrected chi connectivity index (χ0v) is 13.9. The normalized spacial score (nSPS) is 13.5. The van der Waals surface area contributed by atoms with Crippen LogP contribution in [0.15, 0.2) is 48.5 Å². The SMILES string of the molecule is C[C@H](OC(=O)/C=C/c1ccc(F)cc1)C(=O)Nc1ccc2c(c1)OCO2. The molecule has 1 aliphatic heterocycles. The van der Waals surface area contributed by atoms with E-state index in [9.17, 15) is 14.0 Å². The van der Waals surface area contributed by atoms with Gasteiger partial charge < -0.3 is 19.5 Å². The second-order valence-electron chi connectivity index (χ2n) is 5.52. The molecule has 1 atom stereocenters. The highest BCUT2D eigenvalue weighted by Gasteiger charge is 2.19. The lowest BCUT2D eigenvalue weighted by molar-refractivity contribution is -0.148. The third-order valence-electron chi connectivity index (χ3n) is 3.58. The molecule has 2 aromatic carbocycles. The van der Waals surface area contributed by atoms with Crippen molar-refractivity contribution < 1.29 is 28.2 Å². The molecule has 0 aromatic heterocycles. The van der Waals surface area contributed by atoms with Gasteiger partial charge in [0.25, 0.3) is 5.91 Å². The monoisotopic (exact) mass is 357 g/mol. The molecule has 0 bridgehead atoms. The van der Waals surface area contributed by atoms with Crippen molar-refractivity contribution in [1.82, 2.24) is 0 Å². The highest BCUT2D eigenvalue weighted by Crippen LogP contribution is 2.34. The van der Waals surface area contributed by atoms with Gasteiger partial charge in [0, 0.05) is 17.8 Å². The first-order valence-electron chi connectivity index (χ1n) is 7.86. The van der Waals surface area contributed by atoms with Crippen molar-refractivity contribution in [2.24, 2.45) is 0 Å². The van der Waals surface area contributed by atoms with Gasteiger partial charge in [0.1, 0.15) is 5.82 Å². The van der Waals surface area contributed by atoms with Crippen LogP contribution < -0.4 is 14.8 Å². The maximum Gasteiger partial charge on any atom is 0.331 e. The predicted octanol–water partition coefficient (Wildman–Crippen LogP) is 3.14. The highest BCUT2D eigenvalue weighted by atomic mass is 19.1. The molecule has 0 radical (unpaired) electrons. The molecule has 26 heavy (non-hydrogen) atoms. The molecule has 0 saturated carbocycles. The number of hydrogen-bond acceptors (Lipinski definition) is 5. The quantitative estimate of drug-likeness (QED) is 0.657. The molecular weight excluding hydrogens is 341 g/mol. The van der Waals surface area contributed by atoms with Crippen molar-refractivity contribution in [3.05, 3.63) is 59.9 Å². The van der Waals surface area contributed by atoms with Crippen LogP contribution in [0.3, 0.4) is 0 Å². The van der Waals surface area contributed by atoms with Crippen molar-refractivity contribution in [3.8, 4) is 11.5 Å². The summed E-state index contributed by atoms with van der Waals surface area (Å²) in [6.07, 6.45) is 1.66. The Labute approximate surface area is 149 Å². The Kier molecular flexibility index (Phi) is 5.17. The Balaban J connectivity index is 1.53. The van der Waals surface area contributed by atoms with E-state index in [1.165, 1.54) is 43.3 Å². The molecule has 0 fully saturated rings. The summed E-state index contributed by atoms with van der Waals surface area (Å²) in [7, 11) is 0. The number of benzene rings is 2. The second-order valence-corrected chi connectivity index (χ2v) is 5.52. The van der Waals surface area contributed by atoms with E-state index in [0.29, 0.717) is 22.7 Å². The summed E-state index contributed by atoms with van der Waals surface area (Å²) in [5.74, 6) is -0.378.